The number of H-pyrrole nitrogens is 1. The third kappa shape index (κ3) is 1.72. The molecule has 0 aliphatic heterocycles. The molecule has 1 aromatic carbocycles. The van der Waals surface area contributed by atoms with Gasteiger partial charge in [-0.1, -0.05) is 30.3 Å². The van der Waals surface area contributed by atoms with Crippen molar-refractivity contribution in [3.63, 3.8) is 0 Å². The monoisotopic (exact) mass is 202 g/mol. The van der Waals surface area contributed by atoms with Crippen molar-refractivity contribution in [2.45, 2.75) is 0 Å². The molecule has 0 saturated carbocycles. The number of hydrazine groups is 1. The first-order valence-corrected chi connectivity index (χ1v) is 4.42. The van der Waals surface area contributed by atoms with E-state index < -0.39 is 0 Å². The topological polar surface area (TPSA) is 83.8 Å². The average molecular weight is 202 g/mol. The number of carbonyl (C=O) groups is 1. The first-order valence-electron chi connectivity index (χ1n) is 4.42. The molecule has 0 atom stereocenters. The fourth-order valence-corrected chi connectivity index (χ4v) is 1.35. The maximum absolute atomic E-state index is 11.4. The summed E-state index contributed by atoms with van der Waals surface area (Å²) in [6, 6.07) is 9.42. The Bertz CT molecular complexity index is 463. The molecule has 0 radical (unpaired) electrons. The van der Waals surface area contributed by atoms with Crippen LogP contribution in [0.2, 0.25) is 0 Å². The van der Waals surface area contributed by atoms with Crippen molar-refractivity contribution in [3.05, 3.63) is 42.4 Å². The fraction of sp³-hybridized carbons (Fsp3) is 0. The summed E-state index contributed by atoms with van der Waals surface area (Å²) in [5.74, 6) is 4.68. The van der Waals surface area contributed by atoms with Gasteiger partial charge in [-0.3, -0.25) is 10.2 Å². The Labute approximate surface area is 86.3 Å². The number of carbonyl (C=O) groups excluding carboxylic acids is 1. The zero-order valence-corrected chi connectivity index (χ0v) is 7.90. The first-order chi connectivity index (χ1) is 7.33. The number of aromatic amines is 1. The Morgan fingerprint density at radius 3 is 2.73 bits per heavy atom. The van der Waals surface area contributed by atoms with E-state index in [1.54, 1.807) is 0 Å². The summed E-state index contributed by atoms with van der Waals surface area (Å²) in [5.41, 5.74) is 3.90. The minimum absolute atomic E-state index is 0.365. The maximum Gasteiger partial charge on any atom is 0.283 e. The Hall–Kier alpha value is -2.14. The second-order valence-corrected chi connectivity index (χ2v) is 2.97. The van der Waals surface area contributed by atoms with Crippen LogP contribution in [-0.4, -0.2) is 15.9 Å². The van der Waals surface area contributed by atoms with Gasteiger partial charge in [0.25, 0.3) is 5.91 Å². The van der Waals surface area contributed by atoms with Crippen molar-refractivity contribution in [2.75, 3.05) is 0 Å². The van der Waals surface area contributed by atoms with E-state index in [0.29, 0.717) is 11.4 Å². The van der Waals surface area contributed by atoms with Gasteiger partial charge in [0.2, 0.25) is 0 Å². The van der Waals surface area contributed by atoms with Gasteiger partial charge in [0.15, 0.2) is 0 Å². The molecule has 15 heavy (non-hydrogen) atoms. The van der Waals surface area contributed by atoms with Crippen LogP contribution in [0.25, 0.3) is 11.3 Å². The van der Waals surface area contributed by atoms with Crippen LogP contribution in [0.1, 0.15) is 10.5 Å². The Kier molecular flexibility index (Phi) is 2.47. The largest absolute Gasteiger partial charge is 0.340 e. The van der Waals surface area contributed by atoms with Crippen LogP contribution in [0.5, 0.6) is 0 Å². The molecule has 2 rings (SSSR count). The van der Waals surface area contributed by atoms with E-state index in [9.17, 15) is 4.79 Å². The van der Waals surface area contributed by atoms with Gasteiger partial charge in [-0.25, -0.2) is 10.8 Å². The summed E-state index contributed by atoms with van der Waals surface area (Å²) < 4.78 is 0. The SMILES string of the molecule is NNC(=O)c1[nH]cnc1-c1ccccc1. The zero-order valence-electron chi connectivity index (χ0n) is 7.90. The van der Waals surface area contributed by atoms with Crippen molar-refractivity contribution in [1.29, 1.82) is 0 Å². The lowest BCUT2D eigenvalue weighted by molar-refractivity contribution is 0.0950. The van der Waals surface area contributed by atoms with Crippen molar-refractivity contribution < 1.29 is 4.79 Å². The number of amides is 1. The molecule has 1 heterocycles. The second kappa shape index (κ2) is 3.93. The molecule has 0 unspecified atom stereocenters. The number of rotatable bonds is 2. The molecule has 0 saturated heterocycles. The van der Waals surface area contributed by atoms with Crippen LogP contribution in [-0.2, 0) is 0 Å². The van der Waals surface area contributed by atoms with Crippen LogP contribution in [0.15, 0.2) is 36.7 Å². The van der Waals surface area contributed by atoms with E-state index in [1.165, 1.54) is 6.33 Å². The Balaban J connectivity index is 2.46. The predicted octanol–water partition coefficient (Wildman–Crippen LogP) is 0.680. The zero-order chi connectivity index (χ0) is 10.7. The summed E-state index contributed by atoms with van der Waals surface area (Å²) in [4.78, 5) is 18.2. The number of benzene rings is 1. The van der Waals surface area contributed by atoms with Crippen molar-refractivity contribution in [2.24, 2.45) is 5.84 Å². The second-order valence-electron chi connectivity index (χ2n) is 2.97. The highest BCUT2D eigenvalue weighted by Crippen LogP contribution is 2.19. The summed E-state index contributed by atoms with van der Waals surface area (Å²) in [5, 5.41) is 0. The molecule has 0 bridgehead atoms. The lowest BCUT2D eigenvalue weighted by Crippen LogP contribution is -2.30. The van der Waals surface area contributed by atoms with Gasteiger partial charge < -0.3 is 4.98 Å². The smallest absolute Gasteiger partial charge is 0.283 e. The lowest BCUT2D eigenvalue weighted by Gasteiger charge is -2.00. The van der Waals surface area contributed by atoms with Crippen molar-refractivity contribution in [3.8, 4) is 11.3 Å². The standard InChI is InChI=1S/C10H10N4O/c11-14-10(15)9-8(12-6-13-9)7-4-2-1-3-5-7/h1-6H,11H2,(H,12,13)(H,14,15). The molecule has 2 aromatic rings. The van der Waals surface area contributed by atoms with Crippen molar-refractivity contribution in [1.82, 2.24) is 15.4 Å². The minimum Gasteiger partial charge on any atom is -0.340 e. The van der Waals surface area contributed by atoms with E-state index in [0.717, 1.165) is 5.56 Å². The third-order valence-electron chi connectivity index (χ3n) is 2.04. The molecule has 1 amide bonds. The number of hydrogen-bond acceptors (Lipinski definition) is 3. The molecule has 5 nitrogen and oxygen atoms in total. The highest BCUT2D eigenvalue weighted by Gasteiger charge is 2.13. The van der Waals surface area contributed by atoms with Gasteiger partial charge in [-0.05, 0) is 0 Å². The first kappa shape index (κ1) is 9.42. The molecule has 4 N–H and O–H groups in total. The highest BCUT2D eigenvalue weighted by atomic mass is 16.2. The normalized spacial score (nSPS) is 9.93. The van der Waals surface area contributed by atoms with Gasteiger partial charge in [0.05, 0.1) is 6.33 Å². The number of imidazole rings is 1. The molecule has 0 aliphatic carbocycles. The van der Waals surface area contributed by atoms with Crippen LogP contribution in [0, 0.1) is 0 Å². The summed E-state index contributed by atoms with van der Waals surface area (Å²) in [6.07, 6.45) is 1.47. The molecule has 5 heteroatoms. The third-order valence-corrected chi connectivity index (χ3v) is 2.04. The molecule has 0 aliphatic rings. The molecular formula is C10H10N4O. The van der Waals surface area contributed by atoms with E-state index in [4.69, 9.17) is 5.84 Å². The van der Waals surface area contributed by atoms with Gasteiger partial charge in [-0.15, -0.1) is 0 Å². The Morgan fingerprint density at radius 1 is 1.33 bits per heavy atom. The molecule has 0 spiro atoms. The van der Waals surface area contributed by atoms with Crippen LogP contribution >= 0.6 is 0 Å². The number of nitrogens with two attached hydrogens (primary N) is 1. The van der Waals surface area contributed by atoms with E-state index in [-0.39, 0.29) is 5.91 Å². The fourth-order valence-electron chi connectivity index (χ4n) is 1.35. The van der Waals surface area contributed by atoms with E-state index in [2.05, 4.69) is 15.4 Å². The van der Waals surface area contributed by atoms with Crippen LogP contribution in [0.4, 0.5) is 0 Å². The maximum atomic E-state index is 11.4. The highest BCUT2D eigenvalue weighted by molar-refractivity contribution is 5.97. The van der Waals surface area contributed by atoms with E-state index in [1.807, 2.05) is 30.3 Å². The molecule has 1 aromatic heterocycles. The number of nitrogen functional groups attached to an aromatic ring is 1. The molecule has 76 valence electrons. The number of nitrogens with one attached hydrogen (secondary N) is 2. The quantitative estimate of drug-likeness (QED) is 0.380. The summed E-state index contributed by atoms with van der Waals surface area (Å²) >= 11 is 0. The van der Waals surface area contributed by atoms with Crippen molar-refractivity contribution >= 4 is 5.91 Å². The van der Waals surface area contributed by atoms with Gasteiger partial charge in [0.1, 0.15) is 11.4 Å². The number of nitrogens with zero attached hydrogens (tertiary/aromatic N) is 1. The molecule has 0 fully saturated rings. The van der Waals surface area contributed by atoms with Gasteiger partial charge >= 0.3 is 0 Å². The predicted molar refractivity (Wildman–Crippen MR) is 55.7 cm³/mol. The van der Waals surface area contributed by atoms with Crippen LogP contribution in [0.3, 0.4) is 0 Å². The van der Waals surface area contributed by atoms with Crippen LogP contribution < -0.4 is 11.3 Å². The number of aromatic nitrogens is 2. The lowest BCUT2D eigenvalue weighted by atomic mass is 10.1. The van der Waals surface area contributed by atoms with Gasteiger partial charge in [-0.2, -0.15) is 0 Å². The molecular weight excluding hydrogens is 192 g/mol. The summed E-state index contributed by atoms with van der Waals surface area (Å²) in [7, 11) is 0. The van der Waals surface area contributed by atoms with Gasteiger partial charge in [0, 0.05) is 5.56 Å². The van der Waals surface area contributed by atoms with E-state index >= 15 is 0 Å². The minimum atomic E-state index is -0.383. The average Bonchev–Trinajstić information content (AvgIpc) is 2.78. The Morgan fingerprint density at radius 2 is 2.07 bits per heavy atom. The number of hydrogen-bond donors (Lipinski definition) is 3. The summed E-state index contributed by atoms with van der Waals surface area (Å²) in [6.45, 7) is 0.